The summed E-state index contributed by atoms with van der Waals surface area (Å²) >= 11 is 5.27. The molecule has 1 aliphatic heterocycles. The Balaban J connectivity index is 1.56. The average Bonchev–Trinajstić information content (AvgIpc) is 3.17. The molecule has 0 spiro atoms. The van der Waals surface area contributed by atoms with Crippen LogP contribution in [-0.4, -0.2) is 30.9 Å². The Kier molecular flexibility index (Phi) is 5.67. The van der Waals surface area contributed by atoms with Gasteiger partial charge in [0.25, 0.3) is 0 Å². The molecule has 1 saturated heterocycles. The molecule has 1 heterocycles. The van der Waals surface area contributed by atoms with E-state index in [4.69, 9.17) is 12.2 Å². The zero-order valence-corrected chi connectivity index (χ0v) is 15.4. The summed E-state index contributed by atoms with van der Waals surface area (Å²) < 4.78 is 26.5. The minimum atomic E-state index is -3.35. The van der Waals surface area contributed by atoms with Gasteiger partial charge in [0.1, 0.15) is 0 Å². The lowest BCUT2D eigenvalue weighted by Gasteiger charge is -2.16. The van der Waals surface area contributed by atoms with E-state index in [-0.39, 0.29) is 0 Å². The van der Waals surface area contributed by atoms with Crippen molar-refractivity contribution in [3.05, 3.63) is 60.2 Å². The quantitative estimate of drug-likeness (QED) is 0.787. The number of hydrogen-bond donors (Lipinski definition) is 2. The third-order valence-electron chi connectivity index (χ3n) is 4.11. The summed E-state index contributed by atoms with van der Waals surface area (Å²) in [5.41, 5.74) is 1.89. The Morgan fingerprint density at radius 2 is 1.64 bits per heavy atom. The molecule has 5 nitrogen and oxygen atoms in total. The predicted molar refractivity (Wildman–Crippen MR) is 104 cm³/mol. The van der Waals surface area contributed by atoms with Crippen LogP contribution in [0.3, 0.4) is 0 Å². The van der Waals surface area contributed by atoms with Crippen LogP contribution in [0, 0.1) is 0 Å². The smallest absolute Gasteiger partial charge is 0.243 e. The van der Waals surface area contributed by atoms with Gasteiger partial charge < -0.3 is 10.6 Å². The Morgan fingerprint density at radius 3 is 2.28 bits per heavy atom. The van der Waals surface area contributed by atoms with E-state index in [0.717, 1.165) is 24.1 Å². The van der Waals surface area contributed by atoms with Crippen molar-refractivity contribution in [2.45, 2.75) is 24.3 Å². The fourth-order valence-electron chi connectivity index (χ4n) is 2.74. The van der Waals surface area contributed by atoms with Crippen LogP contribution >= 0.6 is 12.2 Å². The first-order valence-electron chi connectivity index (χ1n) is 8.25. The number of rotatable bonds is 5. The largest absolute Gasteiger partial charge is 0.358 e. The summed E-state index contributed by atoms with van der Waals surface area (Å²) in [5, 5.41) is 6.75. The Morgan fingerprint density at radius 1 is 1.00 bits per heavy atom. The second-order valence-electron chi connectivity index (χ2n) is 5.93. The summed E-state index contributed by atoms with van der Waals surface area (Å²) in [6.07, 6.45) is 1.88. The molecular formula is C18H21N3O2S2. The van der Waals surface area contributed by atoms with Gasteiger partial charge in [-0.15, -0.1) is 0 Å². The number of sulfonamides is 1. The Labute approximate surface area is 154 Å². The second kappa shape index (κ2) is 7.95. The topological polar surface area (TPSA) is 61.4 Å². The molecule has 2 N–H and O–H groups in total. The van der Waals surface area contributed by atoms with Gasteiger partial charge in [0.05, 0.1) is 4.90 Å². The van der Waals surface area contributed by atoms with Crippen LogP contribution in [0.2, 0.25) is 0 Å². The first kappa shape index (κ1) is 17.8. The van der Waals surface area contributed by atoms with E-state index in [2.05, 4.69) is 10.6 Å². The van der Waals surface area contributed by atoms with E-state index in [1.807, 2.05) is 42.5 Å². The van der Waals surface area contributed by atoms with Gasteiger partial charge in [-0.1, -0.05) is 30.3 Å². The Hall–Kier alpha value is -1.96. The van der Waals surface area contributed by atoms with E-state index in [9.17, 15) is 8.42 Å². The molecule has 0 amide bonds. The molecular weight excluding hydrogens is 354 g/mol. The molecule has 25 heavy (non-hydrogen) atoms. The fraction of sp³-hybridized carbons (Fsp3) is 0.278. The highest BCUT2D eigenvalue weighted by Crippen LogP contribution is 2.21. The molecule has 0 aliphatic carbocycles. The molecule has 7 heteroatoms. The number of benzene rings is 2. The number of hydrogen-bond acceptors (Lipinski definition) is 3. The summed E-state index contributed by atoms with van der Waals surface area (Å²) in [6, 6.07) is 16.7. The molecule has 3 rings (SSSR count). The minimum Gasteiger partial charge on any atom is -0.358 e. The monoisotopic (exact) mass is 375 g/mol. The highest BCUT2D eigenvalue weighted by Gasteiger charge is 2.26. The third kappa shape index (κ3) is 4.56. The average molecular weight is 376 g/mol. The highest BCUT2D eigenvalue weighted by molar-refractivity contribution is 7.89. The second-order valence-corrected chi connectivity index (χ2v) is 8.28. The van der Waals surface area contributed by atoms with Crippen molar-refractivity contribution in [2.75, 3.05) is 18.4 Å². The lowest BCUT2D eigenvalue weighted by atomic mass is 10.2. The van der Waals surface area contributed by atoms with E-state index in [1.54, 1.807) is 16.4 Å². The molecule has 1 fully saturated rings. The van der Waals surface area contributed by atoms with Gasteiger partial charge in [-0.3, -0.25) is 0 Å². The van der Waals surface area contributed by atoms with Crippen LogP contribution in [-0.2, 0) is 16.6 Å². The van der Waals surface area contributed by atoms with Crippen LogP contribution in [0.15, 0.2) is 59.5 Å². The maximum Gasteiger partial charge on any atom is 0.243 e. The molecule has 0 aromatic heterocycles. The Bertz CT molecular complexity index is 815. The van der Waals surface area contributed by atoms with E-state index >= 15 is 0 Å². The summed E-state index contributed by atoms with van der Waals surface area (Å²) in [7, 11) is -3.35. The van der Waals surface area contributed by atoms with Crippen LogP contribution in [0.25, 0.3) is 0 Å². The molecule has 0 bridgehead atoms. The zero-order valence-electron chi connectivity index (χ0n) is 13.8. The number of para-hydroxylation sites is 1. The van der Waals surface area contributed by atoms with Gasteiger partial charge in [0.15, 0.2) is 5.11 Å². The molecule has 0 atom stereocenters. The van der Waals surface area contributed by atoms with Crippen LogP contribution in [0.4, 0.5) is 5.69 Å². The lowest BCUT2D eigenvalue weighted by molar-refractivity contribution is 0.477. The van der Waals surface area contributed by atoms with Crippen molar-refractivity contribution in [2.24, 2.45) is 0 Å². The highest BCUT2D eigenvalue weighted by atomic mass is 32.2. The van der Waals surface area contributed by atoms with Gasteiger partial charge in [0.2, 0.25) is 10.0 Å². The van der Waals surface area contributed by atoms with E-state index < -0.39 is 10.0 Å². The summed E-state index contributed by atoms with van der Waals surface area (Å²) in [4.78, 5) is 0.350. The van der Waals surface area contributed by atoms with Crippen molar-refractivity contribution in [1.29, 1.82) is 0 Å². The lowest BCUT2D eigenvalue weighted by Crippen LogP contribution is -2.28. The SMILES string of the molecule is O=S(=O)(c1ccc(CNC(=S)Nc2ccccc2)cc1)N1CCCC1. The number of anilines is 1. The van der Waals surface area contributed by atoms with Crippen molar-refractivity contribution in [1.82, 2.24) is 9.62 Å². The van der Waals surface area contributed by atoms with Crippen molar-refractivity contribution in [3.8, 4) is 0 Å². The van der Waals surface area contributed by atoms with Crippen LogP contribution in [0.1, 0.15) is 18.4 Å². The third-order valence-corrected chi connectivity index (χ3v) is 6.27. The first-order chi connectivity index (χ1) is 12.1. The number of nitrogens with zero attached hydrogens (tertiary/aromatic N) is 1. The van der Waals surface area contributed by atoms with E-state index in [1.165, 1.54) is 0 Å². The van der Waals surface area contributed by atoms with Gasteiger partial charge >= 0.3 is 0 Å². The van der Waals surface area contributed by atoms with Gasteiger partial charge in [-0.25, -0.2) is 8.42 Å². The summed E-state index contributed by atoms with van der Waals surface area (Å²) in [5.74, 6) is 0. The van der Waals surface area contributed by atoms with Gasteiger partial charge in [-0.2, -0.15) is 4.31 Å². The maximum absolute atomic E-state index is 12.5. The van der Waals surface area contributed by atoms with Gasteiger partial charge in [-0.05, 0) is 54.9 Å². The first-order valence-corrected chi connectivity index (χ1v) is 10.1. The van der Waals surface area contributed by atoms with Gasteiger partial charge in [0, 0.05) is 25.3 Å². The standard InChI is InChI=1S/C18H21N3O2S2/c22-25(23,21-12-4-5-13-21)17-10-8-15(9-11-17)14-19-18(24)20-16-6-2-1-3-7-16/h1-3,6-11H,4-5,12-14H2,(H2,19,20,24). The van der Waals surface area contributed by atoms with Crippen LogP contribution < -0.4 is 10.6 Å². The van der Waals surface area contributed by atoms with E-state index in [0.29, 0.717) is 29.6 Å². The fourth-order valence-corrected chi connectivity index (χ4v) is 4.44. The summed E-state index contributed by atoms with van der Waals surface area (Å²) in [6.45, 7) is 1.76. The zero-order chi connectivity index (χ0) is 17.7. The molecule has 0 saturated carbocycles. The predicted octanol–water partition coefficient (Wildman–Crippen LogP) is 2.96. The molecule has 132 valence electrons. The molecule has 1 aliphatic rings. The van der Waals surface area contributed by atoms with Crippen molar-refractivity contribution in [3.63, 3.8) is 0 Å². The number of nitrogens with one attached hydrogen (secondary N) is 2. The van der Waals surface area contributed by atoms with Crippen molar-refractivity contribution >= 4 is 33.0 Å². The molecule has 0 unspecified atom stereocenters. The van der Waals surface area contributed by atoms with Crippen molar-refractivity contribution < 1.29 is 8.42 Å². The molecule has 2 aromatic carbocycles. The minimum absolute atomic E-state index is 0.350. The molecule has 2 aromatic rings. The molecule has 0 radical (unpaired) electrons. The normalized spacial score (nSPS) is 15.0. The van der Waals surface area contributed by atoms with Crippen LogP contribution in [0.5, 0.6) is 0 Å². The number of thiocarbonyl (C=S) groups is 1. The maximum atomic E-state index is 12.5.